The summed E-state index contributed by atoms with van der Waals surface area (Å²) in [5.74, 6) is -4.17. The molecular weight excluding hydrogens is 433 g/mol. The molecule has 0 unspecified atom stereocenters. The largest absolute Gasteiger partial charge is 1.00 e. The maximum atomic E-state index is 12.4. The predicted molar refractivity (Wildman–Crippen MR) is 93.2 cm³/mol. The Hall–Kier alpha value is -0.964. The molecule has 0 aromatic carbocycles. The fourth-order valence-corrected chi connectivity index (χ4v) is 4.15. The zero-order valence-corrected chi connectivity index (χ0v) is 19.9. The van der Waals surface area contributed by atoms with E-state index in [1.54, 1.807) is 0 Å². The standard InChI is InChI=1S/C16H21N3O8S.K/c1-7(20)27-5-8-6-28-14-11(13(22)19(14)12(8)16(25)26)18-10(21)4-2-3-9(17)15(23)24;/h9,11,14H,2-6,17H2,1H3,(H,18,21)(H,23,24)(H,25,26);/q;+1/p-1/t9-,11+,14+;/m0./s1. The van der Waals surface area contributed by atoms with Gasteiger partial charge < -0.3 is 30.8 Å². The number of carboxylic acids is 2. The smallest absolute Gasteiger partial charge is 0.543 e. The monoisotopic (exact) mass is 453 g/mol. The predicted octanol–water partition coefficient (Wildman–Crippen LogP) is -5.46. The van der Waals surface area contributed by atoms with E-state index in [1.807, 2.05) is 0 Å². The Labute approximate surface area is 213 Å². The number of rotatable bonds is 9. The van der Waals surface area contributed by atoms with Crippen LogP contribution in [0.2, 0.25) is 0 Å². The first kappa shape index (κ1) is 26.1. The van der Waals surface area contributed by atoms with Gasteiger partial charge in [-0.2, -0.15) is 0 Å². The van der Waals surface area contributed by atoms with Crippen LogP contribution in [0.25, 0.3) is 0 Å². The number of thioether (sulfide) groups is 1. The van der Waals surface area contributed by atoms with Crippen LogP contribution < -0.4 is 67.5 Å². The summed E-state index contributed by atoms with van der Waals surface area (Å²) >= 11 is 1.23. The van der Waals surface area contributed by atoms with E-state index in [4.69, 9.17) is 15.6 Å². The molecule has 0 saturated carbocycles. The van der Waals surface area contributed by atoms with Crippen molar-refractivity contribution in [1.29, 1.82) is 0 Å². The van der Waals surface area contributed by atoms with E-state index < -0.39 is 47.2 Å². The second-order valence-corrected chi connectivity index (χ2v) is 7.42. The number of aliphatic carboxylic acids is 2. The zero-order chi connectivity index (χ0) is 21.0. The van der Waals surface area contributed by atoms with Gasteiger partial charge in [0.25, 0.3) is 5.91 Å². The van der Waals surface area contributed by atoms with Gasteiger partial charge in [0.15, 0.2) is 0 Å². The molecule has 2 amide bonds. The Kier molecular flexibility index (Phi) is 10.3. The van der Waals surface area contributed by atoms with Gasteiger partial charge >= 0.3 is 63.3 Å². The zero-order valence-electron chi connectivity index (χ0n) is 16.0. The molecule has 4 N–H and O–H groups in total. The number of carbonyl (C=O) groups is 5. The minimum atomic E-state index is -1.56. The SMILES string of the molecule is CC(=O)OCC1=C(C(=O)[O-])N2C(=O)[C@@H](NC(=O)CCC[C@H](N)C(=O)O)[C@H]2SC1.[K+]. The van der Waals surface area contributed by atoms with Crippen LogP contribution in [0, 0.1) is 0 Å². The molecule has 0 radical (unpaired) electrons. The molecule has 3 atom stereocenters. The van der Waals surface area contributed by atoms with Gasteiger partial charge in [0.1, 0.15) is 24.1 Å². The topological polar surface area (TPSA) is 179 Å². The van der Waals surface area contributed by atoms with Crippen molar-refractivity contribution < 1.29 is 90.3 Å². The maximum Gasteiger partial charge on any atom is 1.00 e. The van der Waals surface area contributed by atoms with Crippen LogP contribution in [0.1, 0.15) is 26.2 Å². The number of nitrogens with one attached hydrogen (secondary N) is 1. The van der Waals surface area contributed by atoms with Crippen molar-refractivity contribution in [3.8, 4) is 0 Å². The summed E-state index contributed by atoms with van der Waals surface area (Å²) in [5.41, 5.74) is 5.26. The number of carbonyl (C=O) groups excluding carboxylic acids is 4. The molecule has 13 heteroatoms. The molecule has 0 aliphatic carbocycles. The third-order valence-electron chi connectivity index (χ3n) is 4.24. The van der Waals surface area contributed by atoms with Gasteiger partial charge in [-0.3, -0.25) is 24.1 Å². The number of nitrogens with two attached hydrogens (primary N) is 1. The third kappa shape index (κ3) is 6.51. The van der Waals surface area contributed by atoms with E-state index in [1.165, 1.54) is 18.7 Å². The summed E-state index contributed by atoms with van der Waals surface area (Å²) in [6.07, 6.45) is 0.338. The molecule has 29 heavy (non-hydrogen) atoms. The fraction of sp³-hybridized carbons (Fsp3) is 0.562. The molecule has 2 rings (SSSR count). The van der Waals surface area contributed by atoms with Crippen molar-refractivity contribution in [1.82, 2.24) is 10.2 Å². The third-order valence-corrected chi connectivity index (χ3v) is 5.58. The minimum Gasteiger partial charge on any atom is -0.543 e. The molecule has 0 spiro atoms. The molecule has 2 aliphatic heterocycles. The summed E-state index contributed by atoms with van der Waals surface area (Å²) in [4.78, 5) is 58.4. The number of amides is 2. The summed E-state index contributed by atoms with van der Waals surface area (Å²) in [7, 11) is 0. The molecule has 1 fully saturated rings. The maximum absolute atomic E-state index is 12.4. The number of ether oxygens (including phenoxy) is 1. The van der Waals surface area contributed by atoms with Crippen molar-refractivity contribution in [2.45, 2.75) is 43.6 Å². The first-order valence-corrected chi connectivity index (χ1v) is 9.47. The van der Waals surface area contributed by atoms with Crippen molar-refractivity contribution in [3.05, 3.63) is 11.3 Å². The summed E-state index contributed by atoms with van der Waals surface area (Å²) in [6.45, 7) is 0.921. The number of fused-ring (bicyclic) bond motifs is 1. The van der Waals surface area contributed by atoms with Gasteiger partial charge in [0.05, 0.1) is 11.7 Å². The van der Waals surface area contributed by atoms with Crippen LogP contribution in [-0.2, 0) is 28.7 Å². The Morgan fingerprint density at radius 3 is 2.62 bits per heavy atom. The number of esters is 1. The normalized spacial score (nSPS) is 21.3. The quantitative estimate of drug-likeness (QED) is 0.173. The van der Waals surface area contributed by atoms with E-state index in [2.05, 4.69) is 5.32 Å². The Morgan fingerprint density at radius 1 is 1.41 bits per heavy atom. The number of hydrogen-bond acceptors (Lipinski definition) is 9. The molecule has 2 heterocycles. The van der Waals surface area contributed by atoms with E-state index in [0.29, 0.717) is 0 Å². The molecule has 2 aliphatic rings. The number of carboxylic acid groups (broad SMARTS) is 2. The second kappa shape index (κ2) is 11.4. The van der Waals surface area contributed by atoms with Crippen molar-refractivity contribution >= 4 is 41.5 Å². The fourth-order valence-electron chi connectivity index (χ4n) is 2.82. The minimum absolute atomic E-state index is 0. The molecule has 0 aromatic rings. The van der Waals surface area contributed by atoms with Crippen LogP contribution in [0.15, 0.2) is 11.3 Å². The summed E-state index contributed by atoms with van der Waals surface area (Å²) in [6, 6.07) is -1.95. The van der Waals surface area contributed by atoms with Crippen LogP contribution in [0.3, 0.4) is 0 Å². The van der Waals surface area contributed by atoms with Crippen LogP contribution in [0.5, 0.6) is 0 Å². The average Bonchev–Trinajstić information content (AvgIpc) is 2.62. The van der Waals surface area contributed by atoms with Crippen molar-refractivity contribution in [2.75, 3.05) is 12.4 Å². The van der Waals surface area contributed by atoms with Crippen molar-refractivity contribution in [2.24, 2.45) is 5.73 Å². The molecule has 154 valence electrons. The first-order valence-electron chi connectivity index (χ1n) is 8.42. The molecule has 0 bridgehead atoms. The molecule has 1 saturated heterocycles. The van der Waals surface area contributed by atoms with Crippen LogP contribution in [0.4, 0.5) is 0 Å². The summed E-state index contributed by atoms with van der Waals surface area (Å²) in [5, 5.41) is 22.1. The van der Waals surface area contributed by atoms with Gasteiger partial charge in [-0.1, -0.05) is 0 Å². The number of β-lactam (4-membered cyclic amide) rings is 1. The Bertz CT molecular complexity index is 744. The second-order valence-electron chi connectivity index (χ2n) is 6.31. The van der Waals surface area contributed by atoms with E-state index in [0.717, 1.165) is 4.90 Å². The van der Waals surface area contributed by atoms with Crippen LogP contribution >= 0.6 is 11.8 Å². The molecular formula is C16H20KN3O8S. The van der Waals surface area contributed by atoms with Gasteiger partial charge in [0.2, 0.25) is 5.91 Å². The molecule has 0 aromatic heterocycles. The van der Waals surface area contributed by atoms with E-state index >= 15 is 0 Å². The Morgan fingerprint density at radius 2 is 2.07 bits per heavy atom. The van der Waals surface area contributed by atoms with Gasteiger partial charge in [0, 0.05) is 24.7 Å². The van der Waals surface area contributed by atoms with Crippen molar-refractivity contribution in [3.63, 3.8) is 0 Å². The van der Waals surface area contributed by atoms with E-state index in [9.17, 15) is 29.1 Å². The van der Waals surface area contributed by atoms with Gasteiger partial charge in [-0.15, -0.1) is 11.8 Å². The van der Waals surface area contributed by atoms with Crippen LogP contribution in [-0.4, -0.2) is 69.5 Å². The summed E-state index contributed by atoms with van der Waals surface area (Å²) < 4.78 is 4.82. The van der Waals surface area contributed by atoms with E-state index in [-0.39, 0.29) is 94.3 Å². The number of nitrogens with zero attached hydrogens (tertiary/aromatic N) is 1. The number of hydrogen-bond donors (Lipinski definition) is 3. The average molecular weight is 454 g/mol. The molecule has 11 nitrogen and oxygen atoms in total. The Balaban J connectivity index is 0.00000420. The first-order chi connectivity index (χ1) is 13.1. The van der Waals surface area contributed by atoms with Gasteiger partial charge in [-0.05, 0) is 12.8 Å². The van der Waals surface area contributed by atoms with Gasteiger partial charge in [-0.25, -0.2) is 0 Å².